The van der Waals surface area contributed by atoms with Gasteiger partial charge < -0.3 is 18.9 Å². The second-order valence-electron chi connectivity index (χ2n) is 7.79. The van der Waals surface area contributed by atoms with Crippen molar-refractivity contribution in [3.8, 4) is 34.8 Å². The molecule has 4 aromatic rings. The Bertz CT molecular complexity index is 1480. The first-order chi connectivity index (χ1) is 18.2. The molecule has 0 radical (unpaired) electrons. The fourth-order valence-electron chi connectivity index (χ4n) is 3.61. The molecule has 1 N–H and O–H groups in total. The number of nitrogens with one attached hydrogen (secondary N) is 1. The van der Waals surface area contributed by atoms with Gasteiger partial charge in [-0.2, -0.15) is 15.1 Å². The summed E-state index contributed by atoms with van der Waals surface area (Å²) in [5, 5.41) is 11.5. The Kier molecular flexibility index (Phi) is 7.67. The third-order valence-corrected chi connectivity index (χ3v) is 7.22. The van der Waals surface area contributed by atoms with E-state index in [4.69, 9.17) is 18.9 Å². The van der Waals surface area contributed by atoms with Gasteiger partial charge in [-0.1, -0.05) is 0 Å². The summed E-state index contributed by atoms with van der Waals surface area (Å²) in [6.45, 7) is 1.47. The van der Waals surface area contributed by atoms with Crippen LogP contribution in [-0.2, 0) is 21.8 Å². The molecule has 0 fully saturated rings. The number of methoxy groups -OCH3 is 4. The van der Waals surface area contributed by atoms with Crippen molar-refractivity contribution in [2.75, 3.05) is 33.2 Å². The lowest BCUT2D eigenvalue weighted by Gasteiger charge is -2.23. The van der Waals surface area contributed by atoms with Crippen molar-refractivity contribution in [3.63, 3.8) is 0 Å². The van der Waals surface area contributed by atoms with Gasteiger partial charge in [0.15, 0.2) is 11.5 Å². The summed E-state index contributed by atoms with van der Waals surface area (Å²) in [5.74, 6) is 0.461. The van der Waals surface area contributed by atoms with E-state index in [1.54, 1.807) is 24.0 Å². The van der Waals surface area contributed by atoms with E-state index in [1.807, 2.05) is 0 Å². The van der Waals surface area contributed by atoms with Gasteiger partial charge >= 0.3 is 0 Å². The number of sulfonamides is 1. The van der Waals surface area contributed by atoms with Gasteiger partial charge in [0.2, 0.25) is 33.6 Å². The third kappa shape index (κ3) is 5.05. The fourth-order valence-corrected chi connectivity index (χ4v) is 4.76. The normalized spacial score (nSPS) is 13.1. The summed E-state index contributed by atoms with van der Waals surface area (Å²) in [7, 11) is 3.20. The van der Waals surface area contributed by atoms with E-state index in [1.165, 1.54) is 58.7 Å². The Hall–Kier alpha value is -4.38. The van der Waals surface area contributed by atoms with Crippen LogP contribution in [0, 0.1) is 0 Å². The van der Waals surface area contributed by atoms with Crippen LogP contribution in [0.5, 0.6) is 17.6 Å². The minimum absolute atomic E-state index is 0.0885. The lowest BCUT2D eigenvalue weighted by atomic mass is 10.2. The third-order valence-electron chi connectivity index (χ3n) is 5.52. The molecule has 0 bridgehead atoms. The van der Waals surface area contributed by atoms with E-state index < -0.39 is 21.4 Å². The van der Waals surface area contributed by atoms with Gasteiger partial charge in [-0.25, -0.2) is 18.0 Å². The first-order valence-electron chi connectivity index (χ1n) is 11.0. The minimum Gasteiger partial charge on any atom is -0.480 e. The topological polar surface area (TPSA) is 183 Å². The van der Waals surface area contributed by atoms with Crippen LogP contribution in [0.3, 0.4) is 0 Å². The highest BCUT2D eigenvalue weighted by Crippen LogP contribution is 2.35. The molecule has 0 amide bonds. The number of nitrogens with zero attached hydrogens (tertiary/aromatic N) is 9. The van der Waals surface area contributed by atoms with E-state index in [9.17, 15) is 8.42 Å². The summed E-state index contributed by atoms with van der Waals surface area (Å²) in [5.41, 5.74) is 0.856. The highest BCUT2D eigenvalue weighted by Gasteiger charge is 2.35. The molecule has 2 unspecified atom stereocenters. The predicted octanol–water partition coefficient (Wildman–Crippen LogP) is 0.791. The molecule has 2 atom stereocenters. The SMILES string of the molecule is COc1cnc(C(OC)C(C)S(=O)(=O)Nc2nnc(-c3ccn(C)n3)n2-c2c(OC)ncnc2OC)cn1. The van der Waals surface area contributed by atoms with Crippen LogP contribution in [0.1, 0.15) is 18.7 Å². The van der Waals surface area contributed by atoms with Crippen molar-refractivity contribution in [1.29, 1.82) is 0 Å². The Labute approximate surface area is 218 Å². The van der Waals surface area contributed by atoms with Crippen molar-refractivity contribution in [2.45, 2.75) is 18.3 Å². The summed E-state index contributed by atoms with van der Waals surface area (Å²) >= 11 is 0. The van der Waals surface area contributed by atoms with Crippen molar-refractivity contribution in [3.05, 3.63) is 36.7 Å². The van der Waals surface area contributed by atoms with Crippen LogP contribution in [-0.4, -0.2) is 86.6 Å². The van der Waals surface area contributed by atoms with E-state index in [0.29, 0.717) is 11.4 Å². The number of hydrogen-bond acceptors (Lipinski definition) is 13. The Morgan fingerprint density at radius 3 is 2.18 bits per heavy atom. The molecule has 0 aliphatic rings. The fraction of sp³-hybridized carbons (Fsp3) is 0.381. The molecule has 0 spiro atoms. The Morgan fingerprint density at radius 1 is 0.947 bits per heavy atom. The molecule has 4 aromatic heterocycles. The summed E-state index contributed by atoms with van der Waals surface area (Å²) in [6, 6.07) is 1.69. The molecule has 0 saturated heterocycles. The van der Waals surface area contributed by atoms with Gasteiger partial charge in [-0.3, -0.25) is 14.4 Å². The lowest BCUT2D eigenvalue weighted by Crippen LogP contribution is -2.33. The second-order valence-corrected chi connectivity index (χ2v) is 9.83. The first-order valence-corrected chi connectivity index (χ1v) is 12.6. The molecule has 0 aliphatic heterocycles. The summed E-state index contributed by atoms with van der Waals surface area (Å²) in [6.07, 6.45) is 4.74. The second kappa shape index (κ2) is 10.9. The van der Waals surface area contributed by atoms with Crippen molar-refractivity contribution < 1.29 is 27.4 Å². The summed E-state index contributed by atoms with van der Waals surface area (Å²) < 4.78 is 53.9. The largest absolute Gasteiger partial charge is 0.480 e. The Balaban J connectivity index is 1.80. The van der Waals surface area contributed by atoms with Gasteiger partial charge in [0.25, 0.3) is 0 Å². The monoisotopic (exact) mass is 546 g/mol. The molecule has 0 saturated carbocycles. The highest BCUT2D eigenvalue weighted by atomic mass is 32.2. The maximum absolute atomic E-state index is 13.6. The highest BCUT2D eigenvalue weighted by molar-refractivity contribution is 7.93. The standard InChI is InChI=1S/C21H26N10O6S/c1-12(17(35-4)14-9-23-15(34-3)10-22-14)38(32,33)29-21-27-26-18(13-7-8-30(2)28-13)31(21)16-19(36-5)24-11-25-20(16)37-6/h7-12,17H,1-6H3,(H,27,29). The van der Waals surface area contributed by atoms with E-state index in [-0.39, 0.29) is 35.1 Å². The van der Waals surface area contributed by atoms with Crippen LogP contribution in [0.4, 0.5) is 5.95 Å². The average molecular weight is 547 g/mol. The molecule has 202 valence electrons. The number of ether oxygens (including phenoxy) is 4. The van der Waals surface area contributed by atoms with Crippen LogP contribution in [0.2, 0.25) is 0 Å². The quantitative estimate of drug-likeness (QED) is 0.279. The molecule has 38 heavy (non-hydrogen) atoms. The molecule has 4 heterocycles. The van der Waals surface area contributed by atoms with Gasteiger partial charge in [0.1, 0.15) is 23.4 Å². The smallest absolute Gasteiger partial charge is 0.245 e. The van der Waals surface area contributed by atoms with Gasteiger partial charge in [-0.05, 0) is 13.0 Å². The van der Waals surface area contributed by atoms with Crippen LogP contribution in [0.15, 0.2) is 31.0 Å². The number of aryl methyl sites for hydroxylation is 1. The Morgan fingerprint density at radius 2 is 1.66 bits per heavy atom. The van der Waals surface area contributed by atoms with E-state index >= 15 is 0 Å². The zero-order chi connectivity index (χ0) is 27.4. The number of hydrogen-bond donors (Lipinski definition) is 1. The van der Waals surface area contributed by atoms with Gasteiger partial charge in [-0.15, -0.1) is 10.2 Å². The van der Waals surface area contributed by atoms with E-state index in [0.717, 1.165) is 0 Å². The molecule has 17 heteroatoms. The molecule has 4 rings (SSSR count). The summed E-state index contributed by atoms with van der Waals surface area (Å²) in [4.78, 5) is 16.6. The minimum atomic E-state index is -4.17. The van der Waals surface area contributed by atoms with Crippen molar-refractivity contribution in [2.24, 2.45) is 7.05 Å². The van der Waals surface area contributed by atoms with Crippen molar-refractivity contribution >= 4 is 16.0 Å². The zero-order valence-electron chi connectivity index (χ0n) is 21.4. The molecule has 0 aromatic carbocycles. The van der Waals surface area contributed by atoms with Crippen molar-refractivity contribution in [1.82, 2.24) is 44.5 Å². The van der Waals surface area contributed by atoms with Gasteiger partial charge in [0, 0.05) is 20.4 Å². The maximum Gasteiger partial charge on any atom is 0.245 e. The predicted molar refractivity (Wildman–Crippen MR) is 133 cm³/mol. The van der Waals surface area contributed by atoms with E-state index in [2.05, 4.69) is 40.0 Å². The lowest BCUT2D eigenvalue weighted by molar-refractivity contribution is 0.0984. The first kappa shape index (κ1) is 26.7. The molecular formula is C21H26N10O6S. The molecule has 0 aliphatic carbocycles. The number of aromatic nitrogens is 9. The molecular weight excluding hydrogens is 520 g/mol. The number of rotatable bonds is 11. The van der Waals surface area contributed by atoms with Crippen LogP contribution in [0.25, 0.3) is 17.2 Å². The molecule has 16 nitrogen and oxygen atoms in total. The maximum atomic E-state index is 13.6. The van der Waals surface area contributed by atoms with Gasteiger partial charge in [0.05, 0.1) is 39.4 Å². The average Bonchev–Trinajstić information content (AvgIpc) is 3.54. The van der Waals surface area contributed by atoms with Crippen LogP contribution < -0.4 is 18.9 Å². The van der Waals surface area contributed by atoms with Crippen LogP contribution >= 0.6 is 0 Å². The zero-order valence-corrected chi connectivity index (χ0v) is 22.2. The number of anilines is 1.